The monoisotopic (exact) mass is 896 g/mol. The Morgan fingerprint density at radius 1 is 0.329 bits per heavy atom. The van der Waals surface area contributed by atoms with Crippen LogP contribution in [0.4, 0.5) is 0 Å². The van der Waals surface area contributed by atoms with Crippen molar-refractivity contribution in [2.45, 2.75) is 5.41 Å². The number of hydrogen-bond donors (Lipinski definition) is 0. The van der Waals surface area contributed by atoms with Crippen LogP contribution in [0.5, 0.6) is 23.0 Å². The molecule has 0 unspecified atom stereocenters. The van der Waals surface area contributed by atoms with Crippen molar-refractivity contribution < 1.29 is 9.47 Å². The molecule has 1 aliphatic heterocycles. The Morgan fingerprint density at radius 3 is 1.53 bits per heavy atom. The molecule has 0 saturated heterocycles. The van der Waals surface area contributed by atoms with Gasteiger partial charge < -0.3 is 14.0 Å². The summed E-state index contributed by atoms with van der Waals surface area (Å²) in [6.07, 6.45) is 0. The van der Waals surface area contributed by atoms with Crippen molar-refractivity contribution >= 4 is 21.8 Å². The van der Waals surface area contributed by atoms with Crippen LogP contribution in [-0.4, -0.2) is 19.5 Å². The zero-order chi connectivity index (χ0) is 46.2. The lowest BCUT2D eigenvalue weighted by atomic mass is 9.67. The fourth-order valence-corrected chi connectivity index (χ4v) is 10.9. The maximum atomic E-state index is 7.00. The van der Waals surface area contributed by atoms with Crippen molar-refractivity contribution in [3.63, 3.8) is 0 Å². The summed E-state index contributed by atoms with van der Waals surface area (Å²) < 4.78 is 16.2. The number of aromatic nitrogens is 4. The van der Waals surface area contributed by atoms with Gasteiger partial charge in [0.05, 0.1) is 16.4 Å². The standard InChI is InChI=1S/C64H40N4O2/c1-4-18-41(19-5-1)61-65-62(42-34-36-47(37-35-42)68-55-31-14-11-27-50(55)51-28-12-15-32-56(51)68)67-63(66-61)44-21-16-20-43(38-44)48-29-17-33-57-60(48)70-58-39-52-49-26-10-13-30-53(49)64(45-22-6-2-7-23-45,46-24-8-3-9-25-46)54(52)40-59(58)69-57/h1-40H. The molecule has 1 aliphatic carbocycles. The number of fused-ring (bicyclic) bond motifs is 8. The van der Waals surface area contributed by atoms with E-state index in [9.17, 15) is 0 Å². The molecule has 6 nitrogen and oxygen atoms in total. The highest BCUT2D eigenvalue weighted by Crippen LogP contribution is 2.60. The first-order chi connectivity index (χ1) is 34.7. The van der Waals surface area contributed by atoms with Gasteiger partial charge in [0.1, 0.15) is 0 Å². The number of benzene rings is 10. The predicted molar refractivity (Wildman–Crippen MR) is 280 cm³/mol. The zero-order valence-corrected chi connectivity index (χ0v) is 37.7. The molecule has 328 valence electrons. The molecule has 14 rings (SSSR count). The summed E-state index contributed by atoms with van der Waals surface area (Å²) in [6, 6.07) is 84.8. The molecule has 6 heteroatoms. The lowest BCUT2D eigenvalue weighted by Gasteiger charge is -2.34. The molecule has 0 fully saturated rings. The highest BCUT2D eigenvalue weighted by atomic mass is 16.6. The van der Waals surface area contributed by atoms with Crippen LogP contribution in [0.2, 0.25) is 0 Å². The lowest BCUT2D eigenvalue weighted by Crippen LogP contribution is -2.28. The molecule has 0 saturated carbocycles. The molecule has 0 radical (unpaired) electrons. The first kappa shape index (κ1) is 39.7. The maximum Gasteiger partial charge on any atom is 0.177 e. The Kier molecular flexibility index (Phi) is 9.01. The van der Waals surface area contributed by atoms with Crippen molar-refractivity contribution in [2.24, 2.45) is 0 Å². The summed E-state index contributed by atoms with van der Waals surface area (Å²) in [5.74, 6) is 4.40. The normalized spacial score (nSPS) is 12.9. The van der Waals surface area contributed by atoms with Crippen molar-refractivity contribution in [1.29, 1.82) is 0 Å². The van der Waals surface area contributed by atoms with Gasteiger partial charge in [0.25, 0.3) is 0 Å². The molecule has 0 atom stereocenters. The first-order valence-corrected chi connectivity index (χ1v) is 23.6. The van der Waals surface area contributed by atoms with E-state index in [0.717, 1.165) is 55.7 Å². The number of hydrogen-bond acceptors (Lipinski definition) is 5. The van der Waals surface area contributed by atoms with E-state index in [4.69, 9.17) is 24.4 Å². The third kappa shape index (κ3) is 6.17. The molecule has 12 aromatic rings. The van der Waals surface area contributed by atoms with Crippen LogP contribution in [0.1, 0.15) is 22.3 Å². The van der Waals surface area contributed by atoms with E-state index in [1.54, 1.807) is 0 Å². The number of para-hydroxylation sites is 3. The summed E-state index contributed by atoms with van der Waals surface area (Å²) in [5.41, 5.74) is 14.4. The van der Waals surface area contributed by atoms with Gasteiger partial charge in [-0.3, -0.25) is 0 Å². The molecule has 2 aliphatic rings. The fraction of sp³-hybridized carbons (Fsp3) is 0.0156. The Balaban J connectivity index is 0.848. The lowest BCUT2D eigenvalue weighted by molar-refractivity contribution is 0.360. The van der Waals surface area contributed by atoms with Crippen molar-refractivity contribution in [3.8, 4) is 85.1 Å². The summed E-state index contributed by atoms with van der Waals surface area (Å²) in [6.45, 7) is 0. The first-order valence-electron chi connectivity index (χ1n) is 23.6. The zero-order valence-electron chi connectivity index (χ0n) is 37.7. The molecule has 10 aromatic carbocycles. The van der Waals surface area contributed by atoms with Gasteiger partial charge in [0, 0.05) is 38.7 Å². The number of ether oxygens (including phenoxy) is 2. The number of nitrogens with zero attached hydrogens (tertiary/aromatic N) is 4. The van der Waals surface area contributed by atoms with Crippen LogP contribution in [0.3, 0.4) is 0 Å². The second kappa shape index (κ2) is 15.9. The molecule has 0 spiro atoms. The second-order valence-corrected chi connectivity index (χ2v) is 17.9. The quantitative estimate of drug-likeness (QED) is 0.159. The molecule has 0 bridgehead atoms. The molecule has 70 heavy (non-hydrogen) atoms. The highest BCUT2D eigenvalue weighted by Gasteiger charge is 2.47. The van der Waals surface area contributed by atoms with Gasteiger partial charge in [-0.2, -0.15) is 0 Å². The summed E-state index contributed by atoms with van der Waals surface area (Å²) >= 11 is 0. The summed E-state index contributed by atoms with van der Waals surface area (Å²) in [4.78, 5) is 15.3. The van der Waals surface area contributed by atoms with E-state index in [1.807, 2.05) is 48.5 Å². The van der Waals surface area contributed by atoms with Crippen molar-refractivity contribution in [3.05, 3.63) is 265 Å². The van der Waals surface area contributed by atoms with E-state index in [0.29, 0.717) is 40.5 Å². The van der Waals surface area contributed by atoms with Gasteiger partial charge in [-0.05, 0) is 99.6 Å². The van der Waals surface area contributed by atoms with Gasteiger partial charge >= 0.3 is 0 Å². The average molecular weight is 897 g/mol. The van der Waals surface area contributed by atoms with Gasteiger partial charge in [0.2, 0.25) is 0 Å². The summed E-state index contributed by atoms with van der Waals surface area (Å²) in [5, 5.41) is 2.45. The van der Waals surface area contributed by atoms with E-state index in [2.05, 4.69) is 199 Å². The molecule has 3 heterocycles. The summed E-state index contributed by atoms with van der Waals surface area (Å²) in [7, 11) is 0. The fourth-order valence-electron chi connectivity index (χ4n) is 10.9. The van der Waals surface area contributed by atoms with Crippen LogP contribution in [-0.2, 0) is 5.41 Å². The van der Waals surface area contributed by atoms with Gasteiger partial charge in [-0.25, -0.2) is 15.0 Å². The van der Waals surface area contributed by atoms with Crippen LogP contribution in [0.15, 0.2) is 243 Å². The molecule has 0 amide bonds. The van der Waals surface area contributed by atoms with Crippen LogP contribution >= 0.6 is 0 Å². The third-order valence-electron chi connectivity index (χ3n) is 14.0. The minimum Gasteiger partial charge on any atom is -0.449 e. The Hall–Kier alpha value is -9.39. The topological polar surface area (TPSA) is 62.1 Å². The Labute approximate surface area is 404 Å². The van der Waals surface area contributed by atoms with E-state index in [1.165, 1.54) is 33.0 Å². The van der Waals surface area contributed by atoms with Crippen LogP contribution in [0.25, 0.3) is 83.9 Å². The largest absolute Gasteiger partial charge is 0.449 e. The SMILES string of the molecule is c1ccc(-c2nc(-c3ccc(-n4c5ccccc5c5ccccc54)cc3)nc(-c3cccc(-c4cccc5c4Oc4cc6c(cc4O5)C(c4ccccc4)(c4ccccc4)c4ccccc4-6)c3)n2)cc1. The maximum absolute atomic E-state index is 7.00. The van der Waals surface area contributed by atoms with Crippen molar-refractivity contribution in [2.75, 3.05) is 0 Å². The van der Waals surface area contributed by atoms with E-state index < -0.39 is 5.41 Å². The minimum atomic E-state index is -0.554. The Bertz CT molecular complexity index is 3910. The van der Waals surface area contributed by atoms with Crippen LogP contribution in [0, 0.1) is 0 Å². The third-order valence-corrected chi connectivity index (χ3v) is 14.0. The average Bonchev–Trinajstić information content (AvgIpc) is 3.92. The van der Waals surface area contributed by atoms with Gasteiger partial charge in [0.15, 0.2) is 40.5 Å². The minimum absolute atomic E-state index is 0.554. The molecule has 2 aromatic heterocycles. The predicted octanol–water partition coefficient (Wildman–Crippen LogP) is 15.9. The molecular weight excluding hydrogens is 857 g/mol. The van der Waals surface area contributed by atoms with Gasteiger partial charge in [-0.1, -0.05) is 182 Å². The van der Waals surface area contributed by atoms with E-state index >= 15 is 0 Å². The molecule has 0 N–H and O–H groups in total. The molecular formula is C64H40N4O2. The van der Waals surface area contributed by atoms with E-state index in [-0.39, 0.29) is 0 Å². The van der Waals surface area contributed by atoms with Gasteiger partial charge in [-0.15, -0.1) is 0 Å². The Morgan fingerprint density at radius 2 is 0.843 bits per heavy atom. The second-order valence-electron chi connectivity index (χ2n) is 17.9. The smallest absolute Gasteiger partial charge is 0.177 e. The van der Waals surface area contributed by atoms with Crippen molar-refractivity contribution in [1.82, 2.24) is 19.5 Å². The van der Waals surface area contributed by atoms with Crippen LogP contribution < -0.4 is 9.47 Å². The number of rotatable bonds is 7. The highest BCUT2D eigenvalue weighted by molar-refractivity contribution is 6.09.